The van der Waals surface area contributed by atoms with Crippen molar-refractivity contribution in [2.45, 2.75) is 95.1 Å². The molecule has 132 valence electrons. The van der Waals surface area contributed by atoms with E-state index in [0.29, 0.717) is 5.96 Å². The fourth-order valence-electron chi connectivity index (χ4n) is 2.23. The van der Waals surface area contributed by atoms with Gasteiger partial charge in [-0.3, -0.25) is 4.99 Å². The first-order chi connectivity index (χ1) is 10.4. The Morgan fingerprint density at radius 2 is 1.41 bits per heavy atom. The molecular weight excluding hydrogens is 310 g/mol. The molecule has 0 bridgehead atoms. The smallest absolute Gasteiger partial charge is 0.189 e. The van der Waals surface area contributed by atoms with Gasteiger partial charge in [-0.05, 0) is 20.3 Å². The summed E-state index contributed by atoms with van der Waals surface area (Å²) in [4.78, 5) is 4.37. The van der Waals surface area contributed by atoms with Gasteiger partial charge >= 0.3 is 0 Å². The van der Waals surface area contributed by atoms with Crippen LogP contribution in [0.4, 0.5) is 0 Å². The van der Waals surface area contributed by atoms with Crippen LogP contribution in [0.1, 0.15) is 85.0 Å². The van der Waals surface area contributed by atoms with Crippen molar-refractivity contribution in [1.82, 2.24) is 5.32 Å². The van der Waals surface area contributed by atoms with Gasteiger partial charge in [0, 0.05) is 6.54 Å². The van der Waals surface area contributed by atoms with Gasteiger partial charge in [-0.2, -0.15) is 25.3 Å². The van der Waals surface area contributed by atoms with E-state index < -0.39 is 0 Å². The quantitative estimate of drug-likeness (QED) is 0.127. The highest BCUT2D eigenvalue weighted by atomic mass is 32.2. The molecule has 0 aliphatic heterocycles. The summed E-state index contributed by atoms with van der Waals surface area (Å²) in [5.74, 6) is 0.494. The molecule has 0 heterocycles. The second-order valence-electron chi connectivity index (χ2n) is 6.67. The van der Waals surface area contributed by atoms with Gasteiger partial charge in [-0.1, -0.05) is 64.7 Å². The molecule has 0 saturated carbocycles. The van der Waals surface area contributed by atoms with E-state index in [-0.39, 0.29) is 10.1 Å². The highest BCUT2D eigenvalue weighted by Crippen LogP contribution is 2.17. The summed E-state index contributed by atoms with van der Waals surface area (Å²) < 4.78 is -0.0847. The van der Waals surface area contributed by atoms with E-state index in [2.05, 4.69) is 42.5 Å². The molecule has 22 heavy (non-hydrogen) atoms. The van der Waals surface area contributed by atoms with Crippen LogP contribution < -0.4 is 11.1 Å². The monoisotopic (exact) mass is 347 g/mol. The molecular formula is C17H37N3S2. The molecule has 0 aliphatic carbocycles. The van der Waals surface area contributed by atoms with Gasteiger partial charge in [0.15, 0.2) is 5.96 Å². The number of nitrogens with two attached hydrogens (primary N) is 1. The normalized spacial score (nSPS) is 12.9. The molecule has 0 atom stereocenters. The van der Waals surface area contributed by atoms with Crippen LogP contribution in [-0.4, -0.2) is 22.6 Å². The number of unbranched alkanes of at least 4 members (excludes halogenated alkanes) is 9. The van der Waals surface area contributed by atoms with Gasteiger partial charge in [0.1, 0.15) is 0 Å². The lowest BCUT2D eigenvalue weighted by atomic mass is 10.1. The second-order valence-corrected chi connectivity index (χ2v) is 8.11. The van der Waals surface area contributed by atoms with Crippen LogP contribution in [0.25, 0.3) is 0 Å². The number of nitrogens with one attached hydrogen (secondary N) is 1. The number of nitrogens with zero attached hydrogens (tertiary/aromatic N) is 1. The number of aliphatic imine (C=N–C) groups is 1. The fraction of sp³-hybridized carbons (Fsp3) is 0.941. The maximum atomic E-state index is 5.89. The molecule has 3 N–H and O–H groups in total. The topological polar surface area (TPSA) is 50.4 Å². The summed E-state index contributed by atoms with van der Waals surface area (Å²) in [5, 5.41) is 3.17. The molecule has 5 heteroatoms. The Morgan fingerprint density at radius 3 is 1.86 bits per heavy atom. The van der Waals surface area contributed by atoms with Crippen LogP contribution in [-0.2, 0) is 0 Å². The van der Waals surface area contributed by atoms with Crippen molar-refractivity contribution >= 4 is 31.2 Å². The van der Waals surface area contributed by atoms with Gasteiger partial charge in [0.25, 0.3) is 0 Å². The fourth-order valence-corrected chi connectivity index (χ4v) is 2.36. The lowest BCUT2D eigenvalue weighted by Crippen LogP contribution is -2.51. The molecule has 0 unspecified atom stereocenters. The maximum absolute atomic E-state index is 5.89. The molecule has 0 radical (unpaired) electrons. The molecule has 0 aromatic rings. The molecule has 0 aromatic heterocycles. The summed E-state index contributed by atoms with van der Waals surface area (Å²) in [6.45, 7) is 7.09. The summed E-state index contributed by atoms with van der Waals surface area (Å²) in [6, 6.07) is 0. The van der Waals surface area contributed by atoms with E-state index in [9.17, 15) is 0 Å². The number of rotatable bonds is 13. The predicted molar refractivity (Wildman–Crippen MR) is 107 cm³/mol. The molecule has 0 spiro atoms. The Balaban J connectivity index is 3.50. The van der Waals surface area contributed by atoms with Crippen LogP contribution in [0.3, 0.4) is 0 Å². The van der Waals surface area contributed by atoms with E-state index in [4.69, 9.17) is 5.73 Å². The predicted octanol–water partition coefficient (Wildman–Crippen LogP) is 4.78. The molecule has 3 nitrogen and oxygen atoms in total. The van der Waals surface area contributed by atoms with Crippen molar-refractivity contribution in [3.63, 3.8) is 0 Å². The second kappa shape index (κ2) is 13.4. The van der Waals surface area contributed by atoms with E-state index >= 15 is 0 Å². The maximum Gasteiger partial charge on any atom is 0.189 e. The zero-order chi connectivity index (χ0) is 16.8. The minimum atomic E-state index is -0.266. The molecule has 0 fully saturated rings. The number of thiol groups is 2. The van der Waals surface area contributed by atoms with Crippen LogP contribution in [0, 0.1) is 0 Å². The Bertz CT molecular complexity index is 292. The zero-order valence-corrected chi connectivity index (χ0v) is 16.6. The van der Waals surface area contributed by atoms with Crippen LogP contribution in [0.5, 0.6) is 0 Å². The molecule has 0 amide bonds. The zero-order valence-electron chi connectivity index (χ0n) is 14.8. The first-order valence-electron chi connectivity index (χ1n) is 8.84. The number of hydrogen-bond donors (Lipinski definition) is 4. The molecule has 0 rings (SSSR count). The molecule has 0 aromatic carbocycles. The number of guanidine groups is 1. The third-order valence-corrected chi connectivity index (χ3v) is 5.18. The van der Waals surface area contributed by atoms with Crippen LogP contribution >= 0.6 is 25.3 Å². The summed E-state index contributed by atoms with van der Waals surface area (Å²) in [6.07, 6.45) is 13.4. The minimum Gasteiger partial charge on any atom is -0.370 e. The van der Waals surface area contributed by atoms with Gasteiger partial charge in [0.2, 0.25) is 0 Å². The van der Waals surface area contributed by atoms with E-state index in [1.165, 1.54) is 57.8 Å². The van der Waals surface area contributed by atoms with Crippen molar-refractivity contribution in [3.8, 4) is 0 Å². The highest BCUT2D eigenvalue weighted by molar-refractivity contribution is 7.99. The lowest BCUT2D eigenvalue weighted by molar-refractivity contribution is 0.501. The summed E-state index contributed by atoms with van der Waals surface area (Å²) >= 11 is 8.66. The standard InChI is InChI=1S/C17H37N3S2/c1-4-5-6-7-8-9-10-11-12-13-14-19-16(18)20-17(2,3)15(21)22/h15,21-22H,4-14H2,1-3H3,(H3,18,19,20). The third-order valence-electron chi connectivity index (χ3n) is 3.89. The Kier molecular flexibility index (Phi) is 13.4. The lowest BCUT2D eigenvalue weighted by Gasteiger charge is -2.29. The SMILES string of the molecule is CCCCCCCCCCCCN=C(N)NC(C)(C)C(S)S. The van der Waals surface area contributed by atoms with E-state index in [1.807, 2.05) is 13.8 Å². The van der Waals surface area contributed by atoms with Crippen molar-refractivity contribution < 1.29 is 0 Å². The molecule has 0 aliphatic rings. The van der Waals surface area contributed by atoms with Gasteiger partial charge in [0.05, 0.1) is 10.1 Å². The van der Waals surface area contributed by atoms with Gasteiger partial charge < -0.3 is 11.1 Å². The van der Waals surface area contributed by atoms with Crippen LogP contribution in [0.15, 0.2) is 4.99 Å². The minimum absolute atomic E-state index is 0.0847. The number of hydrogen-bond acceptors (Lipinski definition) is 3. The average Bonchev–Trinajstić information content (AvgIpc) is 2.44. The van der Waals surface area contributed by atoms with Crippen molar-refractivity contribution in [3.05, 3.63) is 0 Å². The Labute approximate surface area is 149 Å². The summed E-state index contributed by atoms with van der Waals surface area (Å²) in [7, 11) is 0. The highest BCUT2D eigenvalue weighted by Gasteiger charge is 2.23. The Hall–Kier alpha value is -0.0300. The van der Waals surface area contributed by atoms with Gasteiger partial charge in [-0.15, -0.1) is 0 Å². The summed E-state index contributed by atoms with van der Waals surface area (Å²) in [5.41, 5.74) is 5.62. The third kappa shape index (κ3) is 12.5. The first kappa shape index (κ1) is 22.0. The van der Waals surface area contributed by atoms with Crippen molar-refractivity contribution in [2.24, 2.45) is 10.7 Å². The largest absolute Gasteiger partial charge is 0.370 e. The molecule has 0 saturated heterocycles. The van der Waals surface area contributed by atoms with E-state index in [1.54, 1.807) is 0 Å². The average molecular weight is 348 g/mol. The van der Waals surface area contributed by atoms with Gasteiger partial charge in [-0.25, -0.2) is 0 Å². The van der Waals surface area contributed by atoms with E-state index in [0.717, 1.165) is 13.0 Å². The van der Waals surface area contributed by atoms with Crippen molar-refractivity contribution in [1.29, 1.82) is 0 Å². The van der Waals surface area contributed by atoms with Crippen molar-refractivity contribution in [2.75, 3.05) is 6.54 Å². The first-order valence-corrected chi connectivity index (χ1v) is 9.87. The van der Waals surface area contributed by atoms with Crippen LogP contribution in [0.2, 0.25) is 0 Å². The Morgan fingerprint density at radius 1 is 0.955 bits per heavy atom.